The lowest BCUT2D eigenvalue weighted by Gasteiger charge is -2.33. The zero-order chi connectivity index (χ0) is 22.7. The fourth-order valence-corrected chi connectivity index (χ4v) is 4.00. The van der Waals surface area contributed by atoms with Gasteiger partial charge >= 0.3 is 0 Å². The van der Waals surface area contributed by atoms with E-state index in [-0.39, 0.29) is 24.0 Å². The molecule has 3 aromatic rings. The molecule has 1 aliphatic rings. The summed E-state index contributed by atoms with van der Waals surface area (Å²) in [6, 6.07) is 25.1. The monoisotopic (exact) mass is 571 g/mol. The number of aromatic nitrogens is 1. The molecule has 0 amide bonds. The second-order valence-corrected chi connectivity index (χ2v) is 8.36. The average molecular weight is 572 g/mol. The summed E-state index contributed by atoms with van der Waals surface area (Å²) < 4.78 is 5.82. The Hall–Kier alpha value is -2.65. The highest BCUT2D eigenvalue weighted by Crippen LogP contribution is 2.15. The van der Waals surface area contributed by atoms with Crippen LogP contribution in [0.2, 0.25) is 0 Å². The van der Waals surface area contributed by atoms with Gasteiger partial charge in [-0.1, -0.05) is 48.5 Å². The number of piperidine rings is 1. The Morgan fingerprint density at radius 2 is 1.71 bits per heavy atom. The number of rotatable bonds is 8. The fourth-order valence-electron chi connectivity index (χ4n) is 4.00. The summed E-state index contributed by atoms with van der Waals surface area (Å²) in [5.74, 6) is 1.70. The highest BCUT2D eigenvalue weighted by Gasteiger charge is 2.20. The van der Waals surface area contributed by atoms with Crippen molar-refractivity contribution in [3.05, 3.63) is 95.8 Å². The first-order valence-corrected chi connectivity index (χ1v) is 11.6. The molecule has 0 spiro atoms. The molecule has 4 rings (SSSR count). The predicted octanol–water partition coefficient (Wildman–Crippen LogP) is 4.61. The van der Waals surface area contributed by atoms with Gasteiger partial charge in [0.15, 0.2) is 5.96 Å². The maximum Gasteiger partial charge on any atom is 0.191 e. The summed E-state index contributed by atoms with van der Waals surface area (Å²) in [4.78, 5) is 11.2. The van der Waals surface area contributed by atoms with Crippen molar-refractivity contribution in [3.63, 3.8) is 0 Å². The molecule has 7 heteroatoms. The summed E-state index contributed by atoms with van der Waals surface area (Å²) >= 11 is 0. The van der Waals surface area contributed by atoms with E-state index < -0.39 is 0 Å². The van der Waals surface area contributed by atoms with Crippen molar-refractivity contribution in [1.82, 2.24) is 20.5 Å². The molecular weight excluding hydrogens is 537 g/mol. The van der Waals surface area contributed by atoms with E-state index in [1.54, 1.807) is 6.20 Å². The molecular formula is C27H34IN5O. The Morgan fingerprint density at radius 1 is 0.971 bits per heavy atom. The van der Waals surface area contributed by atoms with Crippen molar-refractivity contribution in [2.75, 3.05) is 20.1 Å². The third-order valence-electron chi connectivity index (χ3n) is 5.90. The van der Waals surface area contributed by atoms with Crippen LogP contribution in [-0.4, -0.2) is 42.0 Å². The minimum absolute atomic E-state index is 0. The molecule has 2 aromatic carbocycles. The summed E-state index contributed by atoms with van der Waals surface area (Å²) in [5, 5.41) is 7.03. The Balaban J connectivity index is 0.00000324. The van der Waals surface area contributed by atoms with Crippen molar-refractivity contribution in [2.45, 2.75) is 38.6 Å². The molecule has 1 aromatic heterocycles. The van der Waals surface area contributed by atoms with Crippen LogP contribution in [0.1, 0.15) is 29.7 Å². The second-order valence-electron chi connectivity index (χ2n) is 8.36. The number of benzene rings is 2. The number of likely N-dealkylation sites (tertiary alicyclic amines) is 1. The quantitative estimate of drug-likeness (QED) is 0.235. The van der Waals surface area contributed by atoms with Crippen LogP contribution in [-0.2, 0) is 19.7 Å². The standard InChI is InChI=1S/C27H33N5O.HI/c1-28-27(31-24-14-17-32(18-15-24)20-23-7-3-2-4-8-23)30-19-22-10-12-26(13-11-22)33-21-25-9-5-6-16-29-25;/h2-13,16,24H,14-15,17-21H2,1H3,(H2,28,30,31);1H. The molecule has 0 saturated carbocycles. The first-order valence-electron chi connectivity index (χ1n) is 11.6. The molecule has 0 aliphatic carbocycles. The molecule has 0 unspecified atom stereocenters. The molecule has 0 radical (unpaired) electrons. The zero-order valence-corrected chi connectivity index (χ0v) is 22.0. The van der Waals surface area contributed by atoms with Gasteiger partial charge in [0.1, 0.15) is 12.4 Å². The smallest absolute Gasteiger partial charge is 0.191 e. The highest BCUT2D eigenvalue weighted by molar-refractivity contribution is 14.0. The number of nitrogens with one attached hydrogen (secondary N) is 2. The predicted molar refractivity (Wildman–Crippen MR) is 149 cm³/mol. The fraction of sp³-hybridized carbons (Fsp3) is 0.333. The number of hydrogen-bond acceptors (Lipinski definition) is 4. The van der Waals surface area contributed by atoms with Crippen molar-refractivity contribution in [3.8, 4) is 5.75 Å². The second kappa shape index (κ2) is 13.9. The Morgan fingerprint density at radius 3 is 2.38 bits per heavy atom. The van der Waals surface area contributed by atoms with Crippen LogP contribution in [0.15, 0.2) is 84.0 Å². The zero-order valence-electron chi connectivity index (χ0n) is 19.7. The van der Waals surface area contributed by atoms with E-state index in [1.807, 2.05) is 37.4 Å². The minimum atomic E-state index is 0. The lowest BCUT2D eigenvalue weighted by Crippen LogP contribution is -2.48. The van der Waals surface area contributed by atoms with Gasteiger partial charge in [0.05, 0.1) is 5.69 Å². The van der Waals surface area contributed by atoms with Gasteiger partial charge in [-0.15, -0.1) is 24.0 Å². The van der Waals surface area contributed by atoms with Crippen LogP contribution in [0.4, 0.5) is 0 Å². The number of guanidine groups is 1. The van der Waals surface area contributed by atoms with Crippen LogP contribution in [0, 0.1) is 0 Å². The van der Waals surface area contributed by atoms with E-state index in [4.69, 9.17) is 4.74 Å². The molecule has 1 fully saturated rings. The van der Waals surface area contributed by atoms with E-state index in [0.717, 1.165) is 49.9 Å². The summed E-state index contributed by atoms with van der Waals surface area (Å²) in [6.45, 7) is 4.42. The molecule has 6 nitrogen and oxygen atoms in total. The summed E-state index contributed by atoms with van der Waals surface area (Å²) in [5.41, 5.74) is 3.49. The topological polar surface area (TPSA) is 61.8 Å². The van der Waals surface area contributed by atoms with E-state index >= 15 is 0 Å². The number of nitrogens with zero attached hydrogens (tertiary/aromatic N) is 3. The molecule has 2 heterocycles. The maximum atomic E-state index is 5.82. The van der Waals surface area contributed by atoms with Gasteiger partial charge in [-0.25, -0.2) is 0 Å². The summed E-state index contributed by atoms with van der Waals surface area (Å²) in [6.07, 6.45) is 4.02. The van der Waals surface area contributed by atoms with Gasteiger partial charge in [-0.3, -0.25) is 14.9 Å². The minimum Gasteiger partial charge on any atom is -0.487 e. The molecule has 180 valence electrons. The number of pyridine rings is 1. The Kier molecular flexibility index (Phi) is 10.6. The molecule has 34 heavy (non-hydrogen) atoms. The van der Waals surface area contributed by atoms with Crippen molar-refractivity contribution < 1.29 is 4.74 Å². The van der Waals surface area contributed by atoms with Crippen molar-refractivity contribution in [1.29, 1.82) is 0 Å². The van der Waals surface area contributed by atoms with Crippen molar-refractivity contribution in [2.24, 2.45) is 4.99 Å². The lowest BCUT2D eigenvalue weighted by atomic mass is 10.0. The van der Waals surface area contributed by atoms with Gasteiger partial charge in [0, 0.05) is 45.5 Å². The molecule has 1 aliphatic heterocycles. The van der Waals surface area contributed by atoms with Gasteiger partial charge < -0.3 is 15.4 Å². The molecule has 2 N–H and O–H groups in total. The van der Waals surface area contributed by atoms with Crippen LogP contribution in [0.5, 0.6) is 5.75 Å². The van der Waals surface area contributed by atoms with Crippen LogP contribution < -0.4 is 15.4 Å². The normalized spacial score (nSPS) is 14.8. The van der Waals surface area contributed by atoms with Crippen LogP contribution in [0.25, 0.3) is 0 Å². The molecule has 1 saturated heterocycles. The van der Waals surface area contributed by atoms with Gasteiger partial charge in [0.25, 0.3) is 0 Å². The summed E-state index contributed by atoms with van der Waals surface area (Å²) in [7, 11) is 1.83. The SMILES string of the molecule is CN=C(NCc1ccc(OCc2ccccn2)cc1)NC1CCN(Cc2ccccc2)CC1.I. The molecule has 0 atom stereocenters. The van der Waals surface area contributed by atoms with Gasteiger partial charge in [-0.05, 0) is 48.2 Å². The largest absolute Gasteiger partial charge is 0.487 e. The van der Waals surface area contributed by atoms with Gasteiger partial charge in [-0.2, -0.15) is 0 Å². The van der Waals surface area contributed by atoms with Gasteiger partial charge in [0.2, 0.25) is 0 Å². The van der Waals surface area contributed by atoms with E-state index in [2.05, 4.69) is 68.0 Å². The first-order chi connectivity index (χ1) is 16.3. The van der Waals surface area contributed by atoms with Crippen LogP contribution >= 0.6 is 24.0 Å². The van der Waals surface area contributed by atoms with E-state index in [1.165, 1.54) is 11.1 Å². The van der Waals surface area contributed by atoms with E-state index in [9.17, 15) is 0 Å². The Labute approximate surface area is 219 Å². The number of halogens is 1. The average Bonchev–Trinajstić information content (AvgIpc) is 2.88. The van der Waals surface area contributed by atoms with Crippen molar-refractivity contribution >= 4 is 29.9 Å². The van der Waals surface area contributed by atoms with E-state index in [0.29, 0.717) is 19.2 Å². The number of aliphatic imine (C=N–C) groups is 1. The van der Waals surface area contributed by atoms with Crippen LogP contribution in [0.3, 0.4) is 0 Å². The molecule has 0 bridgehead atoms. The number of ether oxygens (including phenoxy) is 1. The number of hydrogen-bond donors (Lipinski definition) is 2. The lowest BCUT2D eigenvalue weighted by molar-refractivity contribution is 0.198. The third-order valence-corrected chi connectivity index (χ3v) is 5.90. The third kappa shape index (κ3) is 8.29. The highest BCUT2D eigenvalue weighted by atomic mass is 127. The maximum absolute atomic E-state index is 5.82. The Bertz CT molecular complexity index is 991. The first kappa shape index (κ1) is 26.0.